The molecule has 0 saturated heterocycles. The molecule has 0 spiro atoms. The predicted octanol–water partition coefficient (Wildman–Crippen LogP) is 3.16. The lowest BCUT2D eigenvalue weighted by molar-refractivity contribution is -0.148. The van der Waals surface area contributed by atoms with Crippen LogP contribution in [0.3, 0.4) is 0 Å². The molecule has 1 aromatic heterocycles. The van der Waals surface area contributed by atoms with Crippen LogP contribution in [0.2, 0.25) is 0 Å². The van der Waals surface area contributed by atoms with Gasteiger partial charge in [-0.05, 0) is 45.0 Å². The summed E-state index contributed by atoms with van der Waals surface area (Å²) in [5.74, 6) is 0.0921. The minimum atomic E-state index is -0.577. The van der Waals surface area contributed by atoms with Gasteiger partial charge >= 0.3 is 11.6 Å². The summed E-state index contributed by atoms with van der Waals surface area (Å²) in [4.78, 5) is 23.6. The van der Waals surface area contributed by atoms with Crippen LogP contribution in [-0.2, 0) is 9.53 Å². The van der Waals surface area contributed by atoms with Gasteiger partial charge in [-0.25, -0.2) is 9.59 Å². The molecule has 0 N–H and O–H groups in total. The number of methoxy groups -OCH3 is 1. The third kappa shape index (κ3) is 3.97. The molecule has 22 heavy (non-hydrogen) atoms. The monoisotopic (exact) mass is 302 g/mol. The fourth-order valence-electron chi connectivity index (χ4n) is 1.84. The van der Waals surface area contributed by atoms with Gasteiger partial charge in [0.05, 0.1) is 12.7 Å². The summed E-state index contributed by atoms with van der Waals surface area (Å²) in [6.07, 6.45) is 2.61. The maximum absolute atomic E-state index is 11.9. The number of rotatable bonds is 3. The number of esters is 1. The number of hydrogen-bond donors (Lipinski definition) is 0. The molecule has 0 fully saturated rings. The highest BCUT2D eigenvalue weighted by Crippen LogP contribution is 2.20. The maximum atomic E-state index is 11.9. The molecule has 0 amide bonds. The van der Waals surface area contributed by atoms with E-state index in [-0.39, 0.29) is 5.56 Å². The molecule has 0 atom stereocenters. The van der Waals surface area contributed by atoms with Crippen molar-refractivity contribution < 1.29 is 18.7 Å². The lowest BCUT2D eigenvalue weighted by atomic mass is 10.1. The van der Waals surface area contributed by atoms with Gasteiger partial charge in [-0.1, -0.05) is 0 Å². The summed E-state index contributed by atoms with van der Waals surface area (Å²) in [7, 11) is 1.54. The molecule has 5 heteroatoms. The molecule has 1 heterocycles. The van der Waals surface area contributed by atoms with Gasteiger partial charge in [-0.3, -0.25) is 0 Å². The second kappa shape index (κ2) is 6.05. The Morgan fingerprint density at radius 3 is 2.59 bits per heavy atom. The van der Waals surface area contributed by atoms with E-state index in [1.165, 1.54) is 19.3 Å². The van der Waals surface area contributed by atoms with Crippen molar-refractivity contribution in [2.75, 3.05) is 7.11 Å². The van der Waals surface area contributed by atoms with Crippen molar-refractivity contribution in [1.29, 1.82) is 0 Å². The SMILES string of the molecule is COc1ccc2cc(/C=C/C(=O)OC(C)(C)C)c(=O)oc2c1. The zero-order valence-electron chi connectivity index (χ0n) is 13.0. The zero-order chi connectivity index (χ0) is 16.3. The quantitative estimate of drug-likeness (QED) is 0.495. The minimum Gasteiger partial charge on any atom is -0.497 e. The van der Waals surface area contributed by atoms with Crippen LogP contribution < -0.4 is 10.4 Å². The second-order valence-corrected chi connectivity index (χ2v) is 5.76. The van der Waals surface area contributed by atoms with Gasteiger partial charge in [0.25, 0.3) is 0 Å². The lowest BCUT2D eigenvalue weighted by Crippen LogP contribution is -2.22. The maximum Gasteiger partial charge on any atom is 0.343 e. The third-order valence-electron chi connectivity index (χ3n) is 2.78. The van der Waals surface area contributed by atoms with Crippen LogP contribution in [0.15, 0.2) is 39.6 Å². The van der Waals surface area contributed by atoms with Crippen LogP contribution in [0.25, 0.3) is 17.0 Å². The van der Waals surface area contributed by atoms with Crippen molar-refractivity contribution in [2.45, 2.75) is 26.4 Å². The van der Waals surface area contributed by atoms with Crippen molar-refractivity contribution in [3.05, 3.63) is 46.3 Å². The van der Waals surface area contributed by atoms with Gasteiger partial charge in [-0.15, -0.1) is 0 Å². The molecular weight excluding hydrogens is 284 g/mol. The number of fused-ring (bicyclic) bond motifs is 1. The van der Waals surface area contributed by atoms with Gasteiger partial charge < -0.3 is 13.9 Å². The fraction of sp³-hybridized carbons (Fsp3) is 0.294. The Bertz CT molecular complexity index is 778. The van der Waals surface area contributed by atoms with Crippen LogP contribution in [0.1, 0.15) is 26.3 Å². The normalized spacial score (nSPS) is 11.8. The first kappa shape index (κ1) is 15.8. The van der Waals surface area contributed by atoms with Crippen molar-refractivity contribution in [2.24, 2.45) is 0 Å². The molecule has 2 rings (SSSR count). The molecule has 116 valence electrons. The standard InChI is InChI=1S/C17H18O5/c1-17(2,3)22-15(18)8-6-12-9-11-5-7-13(20-4)10-14(11)21-16(12)19/h5-10H,1-4H3/b8-6+. The summed E-state index contributed by atoms with van der Waals surface area (Å²) in [6, 6.07) is 6.84. The topological polar surface area (TPSA) is 65.7 Å². The molecule has 0 aliphatic heterocycles. The molecule has 0 aliphatic carbocycles. The highest BCUT2D eigenvalue weighted by molar-refractivity contribution is 5.88. The Kier molecular flexibility index (Phi) is 4.35. The summed E-state index contributed by atoms with van der Waals surface area (Å²) in [6.45, 7) is 5.32. The first-order valence-corrected chi connectivity index (χ1v) is 6.81. The molecular formula is C17H18O5. The second-order valence-electron chi connectivity index (χ2n) is 5.76. The van der Waals surface area contributed by atoms with E-state index in [4.69, 9.17) is 13.9 Å². The predicted molar refractivity (Wildman–Crippen MR) is 83.9 cm³/mol. The Hall–Kier alpha value is -2.56. The van der Waals surface area contributed by atoms with E-state index in [0.717, 1.165) is 5.39 Å². The van der Waals surface area contributed by atoms with Gasteiger partial charge in [0.15, 0.2) is 0 Å². The van der Waals surface area contributed by atoms with Crippen LogP contribution >= 0.6 is 0 Å². The van der Waals surface area contributed by atoms with E-state index in [2.05, 4.69) is 0 Å². The average molecular weight is 302 g/mol. The van der Waals surface area contributed by atoms with E-state index in [0.29, 0.717) is 11.3 Å². The molecule has 0 bridgehead atoms. The highest BCUT2D eigenvalue weighted by Gasteiger charge is 2.14. The Morgan fingerprint density at radius 1 is 1.23 bits per heavy atom. The molecule has 2 aromatic rings. The van der Waals surface area contributed by atoms with Crippen LogP contribution in [0.5, 0.6) is 5.75 Å². The first-order valence-electron chi connectivity index (χ1n) is 6.81. The van der Waals surface area contributed by atoms with Gasteiger partial charge in [0, 0.05) is 17.5 Å². The van der Waals surface area contributed by atoms with Crippen LogP contribution in [0.4, 0.5) is 0 Å². The smallest absolute Gasteiger partial charge is 0.343 e. The van der Waals surface area contributed by atoms with Crippen LogP contribution in [0, 0.1) is 0 Å². The van der Waals surface area contributed by atoms with Crippen molar-refractivity contribution in [3.63, 3.8) is 0 Å². The van der Waals surface area contributed by atoms with Crippen molar-refractivity contribution in [3.8, 4) is 5.75 Å². The summed E-state index contributed by atoms with van der Waals surface area (Å²) in [5.41, 5.74) is -0.394. The van der Waals surface area contributed by atoms with Crippen molar-refractivity contribution in [1.82, 2.24) is 0 Å². The molecule has 0 unspecified atom stereocenters. The number of benzene rings is 1. The lowest BCUT2D eigenvalue weighted by Gasteiger charge is -2.17. The van der Waals surface area contributed by atoms with E-state index in [1.807, 2.05) is 0 Å². The van der Waals surface area contributed by atoms with Crippen molar-refractivity contribution >= 4 is 23.0 Å². The molecule has 1 aromatic carbocycles. The first-order chi connectivity index (χ1) is 10.3. The molecule has 5 nitrogen and oxygen atoms in total. The van der Waals surface area contributed by atoms with E-state index in [9.17, 15) is 9.59 Å². The number of carbonyl (C=O) groups is 1. The Labute approximate surface area is 128 Å². The largest absolute Gasteiger partial charge is 0.497 e. The molecule has 0 radical (unpaired) electrons. The van der Waals surface area contributed by atoms with E-state index >= 15 is 0 Å². The van der Waals surface area contributed by atoms with E-state index in [1.54, 1.807) is 45.0 Å². The van der Waals surface area contributed by atoms with Crippen LogP contribution in [-0.4, -0.2) is 18.7 Å². The fourth-order valence-corrected chi connectivity index (χ4v) is 1.84. The Balaban J connectivity index is 2.30. The highest BCUT2D eigenvalue weighted by atomic mass is 16.6. The number of ether oxygens (including phenoxy) is 2. The Morgan fingerprint density at radius 2 is 1.95 bits per heavy atom. The summed E-state index contributed by atoms with van der Waals surface area (Å²) in [5, 5.41) is 0.740. The van der Waals surface area contributed by atoms with Gasteiger partial charge in [-0.2, -0.15) is 0 Å². The number of carbonyl (C=O) groups excluding carboxylic acids is 1. The average Bonchev–Trinajstić information content (AvgIpc) is 2.42. The summed E-state index contributed by atoms with van der Waals surface area (Å²) >= 11 is 0. The molecule has 0 aliphatic rings. The summed E-state index contributed by atoms with van der Waals surface area (Å²) < 4.78 is 15.5. The number of hydrogen-bond acceptors (Lipinski definition) is 5. The third-order valence-corrected chi connectivity index (χ3v) is 2.78. The molecule has 0 saturated carbocycles. The zero-order valence-corrected chi connectivity index (χ0v) is 13.0. The van der Waals surface area contributed by atoms with Gasteiger partial charge in [0.1, 0.15) is 16.9 Å². The minimum absolute atomic E-state index is 0.281. The van der Waals surface area contributed by atoms with Gasteiger partial charge in [0.2, 0.25) is 0 Å². The van der Waals surface area contributed by atoms with E-state index < -0.39 is 17.2 Å².